The minimum Gasteiger partial charge on any atom is -0.454 e. The number of rotatable bonds is 3. The Kier molecular flexibility index (Phi) is 4.82. The van der Waals surface area contributed by atoms with E-state index >= 15 is 0 Å². The molecule has 0 aromatic heterocycles. The first-order chi connectivity index (χ1) is 12.2. The topological polar surface area (TPSA) is 63.6 Å². The first-order valence-electron chi connectivity index (χ1n) is 9.37. The van der Waals surface area contributed by atoms with Crippen LogP contribution in [0.15, 0.2) is 42.0 Å². The molecule has 0 bridgehead atoms. The van der Waals surface area contributed by atoms with E-state index in [1.807, 2.05) is 26.8 Å². The van der Waals surface area contributed by atoms with Crippen molar-refractivity contribution < 1.29 is 19.4 Å². The molecule has 0 spiro atoms. The predicted octanol–water partition coefficient (Wildman–Crippen LogP) is 3.93. The number of aliphatic hydroxyl groups is 1. The highest BCUT2D eigenvalue weighted by Crippen LogP contribution is 2.57. The van der Waals surface area contributed by atoms with E-state index in [9.17, 15) is 14.7 Å². The van der Waals surface area contributed by atoms with Crippen LogP contribution in [0.25, 0.3) is 0 Å². The van der Waals surface area contributed by atoms with E-state index < -0.39 is 17.7 Å². The van der Waals surface area contributed by atoms with Crippen molar-refractivity contribution in [2.75, 3.05) is 0 Å². The van der Waals surface area contributed by atoms with Gasteiger partial charge in [-0.25, -0.2) is 4.79 Å². The standard InChI is InChI=1S/C22H28O4/c1-14(2)22(25)11-10-21(4)13-17(23)15(3)12-18(19(21)22)26-20(24)16-8-6-5-7-9-16/h5-9,12,14,18-19,25H,10-11,13H2,1-4H3. The van der Waals surface area contributed by atoms with Crippen LogP contribution in [0.5, 0.6) is 0 Å². The van der Waals surface area contributed by atoms with Gasteiger partial charge in [0.1, 0.15) is 6.10 Å². The third-order valence-electron chi connectivity index (χ3n) is 6.39. The van der Waals surface area contributed by atoms with Gasteiger partial charge >= 0.3 is 5.97 Å². The lowest BCUT2D eigenvalue weighted by molar-refractivity contribution is -0.122. The second-order valence-corrected chi connectivity index (χ2v) is 8.46. The quantitative estimate of drug-likeness (QED) is 0.834. The number of ether oxygens (including phenoxy) is 1. The molecule has 2 aliphatic carbocycles. The number of ketones is 1. The molecule has 26 heavy (non-hydrogen) atoms. The highest BCUT2D eigenvalue weighted by atomic mass is 16.5. The number of allylic oxidation sites excluding steroid dienone is 1. The van der Waals surface area contributed by atoms with Gasteiger partial charge in [-0.2, -0.15) is 0 Å². The van der Waals surface area contributed by atoms with Gasteiger partial charge in [0.05, 0.1) is 11.2 Å². The second kappa shape index (κ2) is 6.66. The van der Waals surface area contributed by atoms with Gasteiger partial charge in [0.25, 0.3) is 0 Å². The number of carbonyl (C=O) groups excluding carboxylic acids is 2. The van der Waals surface area contributed by atoms with Crippen molar-refractivity contribution in [2.45, 2.75) is 58.7 Å². The SMILES string of the molecule is CC1=CC(OC(=O)c2ccccc2)C2C(C)(CCC2(O)C(C)C)CC1=O. The smallest absolute Gasteiger partial charge is 0.338 e. The molecule has 4 nitrogen and oxygen atoms in total. The van der Waals surface area contributed by atoms with Crippen molar-refractivity contribution in [1.29, 1.82) is 0 Å². The molecule has 0 radical (unpaired) electrons. The van der Waals surface area contributed by atoms with E-state index in [1.54, 1.807) is 37.3 Å². The van der Waals surface area contributed by atoms with Crippen LogP contribution in [0.1, 0.15) is 57.3 Å². The van der Waals surface area contributed by atoms with Gasteiger partial charge in [0, 0.05) is 12.3 Å². The molecular formula is C22H28O4. The molecule has 140 valence electrons. The molecule has 1 aromatic rings. The van der Waals surface area contributed by atoms with Crippen molar-refractivity contribution in [2.24, 2.45) is 17.3 Å². The third-order valence-corrected chi connectivity index (χ3v) is 6.39. The lowest BCUT2D eigenvalue weighted by atomic mass is 9.68. The largest absolute Gasteiger partial charge is 0.454 e. The summed E-state index contributed by atoms with van der Waals surface area (Å²) < 4.78 is 5.87. The predicted molar refractivity (Wildman–Crippen MR) is 99.6 cm³/mol. The maximum atomic E-state index is 12.7. The van der Waals surface area contributed by atoms with Gasteiger partial charge in [-0.15, -0.1) is 0 Å². The van der Waals surface area contributed by atoms with Gasteiger partial charge in [0.2, 0.25) is 0 Å². The lowest BCUT2D eigenvalue weighted by Gasteiger charge is -2.42. The van der Waals surface area contributed by atoms with E-state index in [1.165, 1.54) is 0 Å². The van der Waals surface area contributed by atoms with Crippen molar-refractivity contribution in [3.8, 4) is 0 Å². The van der Waals surface area contributed by atoms with Gasteiger partial charge < -0.3 is 9.84 Å². The Morgan fingerprint density at radius 1 is 1.23 bits per heavy atom. The summed E-state index contributed by atoms with van der Waals surface area (Å²) >= 11 is 0. The third kappa shape index (κ3) is 3.11. The number of fused-ring (bicyclic) bond motifs is 1. The summed E-state index contributed by atoms with van der Waals surface area (Å²) in [5.41, 5.74) is -0.261. The number of carbonyl (C=O) groups is 2. The van der Waals surface area contributed by atoms with Crippen LogP contribution in [0.4, 0.5) is 0 Å². The van der Waals surface area contributed by atoms with Gasteiger partial charge in [-0.1, -0.05) is 39.0 Å². The Hall–Kier alpha value is -1.94. The molecule has 3 rings (SSSR count). The molecule has 1 fully saturated rings. The number of Topliss-reactive ketones (excluding diaryl/α,β-unsaturated/α-hetero) is 1. The average Bonchev–Trinajstić information content (AvgIpc) is 2.82. The van der Waals surface area contributed by atoms with Crippen LogP contribution in [-0.4, -0.2) is 28.6 Å². The highest BCUT2D eigenvalue weighted by Gasteiger charge is 2.60. The number of benzene rings is 1. The zero-order chi connectivity index (χ0) is 19.1. The molecule has 1 N–H and O–H groups in total. The summed E-state index contributed by atoms with van der Waals surface area (Å²) in [6.07, 6.45) is 2.88. The second-order valence-electron chi connectivity index (χ2n) is 8.46. The van der Waals surface area contributed by atoms with Gasteiger partial charge in [-0.05, 0) is 54.9 Å². The Bertz CT molecular complexity index is 736. The van der Waals surface area contributed by atoms with Crippen molar-refractivity contribution in [3.63, 3.8) is 0 Å². The molecule has 4 heteroatoms. The lowest BCUT2D eigenvalue weighted by Crippen LogP contribution is -2.50. The Balaban J connectivity index is 2.01. The molecule has 1 saturated carbocycles. The summed E-state index contributed by atoms with van der Waals surface area (Å²) in [5.74, 6) is -0.642. The Labute approximate surface area is 155 Å². The first kappa shape index (κ1) is 18.8. The summed E-state index contributed by atoms with van der Waals surface area (Å²) in [5, 5.41) is 11.4. The number of esters is 1. The van der Waals surface area contributed by atoms with E-state index in [0.717, 1.165) is 6.42 Å². The number of hydrogen-bond donors (Lipinski definition) is 1. The maximum absolute atomic E-state index is 12.7. The molecule has 4 unspecified atom stereocenters. The maximum Gasteiger partial charge on any atom is 0.338 e. The summed E-state index contributed by atoms with van der Waals surface area (Å²) in [4.78, 5) is 25.2. The van der Waals surface area contributed by atoms with Crippen LogP contribution in [0.2, 0.25) is 0 Å². The van der Waals surface area contributed by atoms with E-state index in [-0.39, 0.29) is 23.0 Å². The van der Waals surface area contributed by atoms with E-state index in [2.05, 4.69) is 0 Å². The zero-order valence-corrected chi connectivity index (χ0v) is 16.0. The van der Waals surface area contributed by atoms with Crippen LogP contribution < -0.4 is 0 Å². The fourth-order valence-electron chi connectivity index (χ4n) is 4.74. The summed E-state index contributed by atoms with van der Waals surface area (Å²) in [6, 6.07) is 8.85. The van der Waals surface area contributed by atoms with Crippen molar-refractivity contribution >= 4 is 11.8 Å². The zero-order valence-electron chi connectivity index (χ0n) is 16.0. The summed E-state index contributed by atoms with van der Waals surface area (Å²) in [6.45, 7) is 7.80. The Morgan fingerprint density at radius 2 is 1.88 bits per heavy atom. The monoisotopic (exact) mass is 356 g/mol. The van der Waals surface area contributed by atoms with Crippen molar-refractivity contribution in [1.82, 2.24) is 0 Å². The van der Waals surface area contributed by atoms with E-state index in [4.69, 9.17) is 4.74 Å². The minimum atomic E-state index is -0.961. The van der Waals surface area contributed by atoms with Crippen LogP contribution >= 0.6 is 0 Å². The Morgan fingerprint density at radius 3 is 2.50 bits per heavy atom. The number of hydrogen-bond acceptors (Lipinski definition) is 4. The molecule has 0 amide bonds. The van der Waals surface area contributed by atoms with Crippen molar-refractivity contribution in [3.05, 3.63) is 47.5 Å². The molecular weight excluding hydrogens is 328 g/mol. The molecule has 0 saturated heterocycles. The van der Waals surface area contributed by atoms with Gasteiger partial charge in [0.15, 0.2) is 5.78 Å². The van der Waals surface area contributed by atoms with Crippen LogP contribution in [0, 0.1) is 17.3 Å². The average molecular weight is 356 g/mol. The fourth-order valence-corrected chi connectivity index (χ4v) is 4.74. The van der Waals surface area contributed by atoms with Gasteiger partial charge in [-0.3, -0.25) is 4.79 Å². The molecule has 0 aliphatic heterocycles. The van der Waals surface area contributed by atoms with Crippen LogP contribution in [-0.2, 0) is 9.53 Å². The van der Waals surface area contributed by atoms with E-state index in [0.29, 0.717) is 24.0 Å². The summed E-state index contributed by atoms with van der Waals surface area (Å²) in [7, 11) is 0. The first-order valence-corrected chi connectivity index (χ1v) is 9.37. The fraction of sp³-hybridized carbons (Fsp3) is 0.545. The van der Waals surface area contributed by atoms with Crippen LogP contribution in [0.3, 0.4) is 0 Å². The molecule has 0 heterocycles. The molecule has 2 aliphatic rings. The minimum absolute atomic E-state index is 0.00848. The normalized spacial score (nSPS) is 34.2. The molecule has 1 aromatic carbocycles. The molecule has 4 atom stereocenters. The highest BCUT2D eigenvalue weighted by molar-refractivity contribution is 5.96.